The van der Waals surface area contributed by atoms with Crippen LogP contribution in [0.5, 0.6) is 0 Å². The average Bonchev–Trinajstić information content (AvgIpc) is 2.81. The molecule has 0 aliphatic carbocycles. The molecule has 0 aromatic heterocycles. The van der Waals surface area contributed by atoms with Crippen molar-refractivity contribution in [1.29, 1.82) is 0 Å². The van der Waals surface area contributed by atoms with Crippen molar-refractivity contribution in [3.8, 4) is 0 Å². The van der Waals surface area contributed by atoms with Crippen molar-refractivity contribution in [2.45, 2.75) is 35.5 Å². The van der Waals surface area contributed by atoms with Gasteiger partial charge in [0.25, 0.3) is 0 Å². The molecule has 0 heterocycles. The molecule has 3 aromatic rings. The first kappa shape index (κ1) is 26.6. The molecule has 0 saturated carbocycles. The Morgan fingerprint density at radius 1 is 0.645 bits per heavy atom. The summed E-state index contributed by atoms with van der Waals surface area (Å²) in [6.07, 6.45) is 0. The Bertz CT molecular complexity index is 790. The third-order valence-corrected chi connectivity index (χ3v) is 23.6. The SMILES string of the molecule is CC[NH+](CC)CC.[O-][Sn]([O]Sc1ccccc1)([S]c1ccccc1)[S]c1ccccc1. The van der Waals surface area contributed by atoms with Crippen LogP contribution in [0, 0.1) is 0 Å². The summed E-state index contributed by atoms with van der Waals surface area (Å²) in [7, 11) is 2.76. The van der Waals surface area contributed by atoms with Gasteiger partial charge in [-0.15, -0.1) is 0 Å². The standard InChI is InChI=1S/C6H15N.C6H6OS.2C6H6S.O.Sn/c1-4-7(5-2)6-3;7-8-6-4-2-1-3-5-6;2*7-6-4-2-1-3-5-6;;/h4-6H2,1-3H3;1-5,7H;2*1-5,7H;;/q;;;;-1;+3/p-2. The summed E-state index contributed by atoms with van der Waals surface area (Å²) in [5, 5.41) is 0. The Balaban J connectivity index is 0.000000423. The van der Waals surface area contributed by atoms with Crippen molar-refractivity contribution >= 4 is 46.4 Å². The zero-order valence-corrected chi connectivity index (χ0v) is 23.6. The quantitative estimate of drug-likeness (QED) is 0.269. The third-order valence-electron chi connectivity index (χ3n) is 4.46. The molecule has 0 bridgehead atoms. The van der Waals surface area contributed by atoms with E-state index in [0.717, 1.165) is 14.7 Å². The zero-order valence-electron chi connectivity index (χ0n) is 18.3. The Kier molecular flexibility index (Phi) is 13.1. The predicted octanol–water partition coefficient (Wildman–Crippen LogP) is 5.02. The second-order valence-electron chi connectivity index (χ2n) is 6.62. The molecule has 31 heavy (non-hydrogen) atoms. The van der Waals surface area contributed by atoms with E-state index in [1.54, 1.807) is 4.90 Å². The Morgan fingerprint density at radius 3 is 1.32 bits per heavy atom. The summed E-state index contributed by atoms with van der Waals surface area (Å²) >= 11 is -3.02. The first-order valence-electron chi connectivity index (χ1n) is 10.5. The fourth-order valence-electron chi connectivity index (χ4n) is 2.65. The van der Waals surface area contributed by atoms with Gasteiger partial charge in [-0.2, -0.15) is 0 Å². The topological polar surface area (TPSA) is 36.7 Å². The normalized spacial score (nSPS) is 11.1. The third kappa shape index (κ3) is 10.7. The molecule has 0 aliphatic heterocycles. The van der Waals surface area contributed by atoms with Gasteiger partial charge in [-0.1, -0.05) is 0 Å². The molecule has 1 N–H and O–H groups in total. The molecule has 3 nitrogen and oxygen atoms in total. The maximum atomic E-state index is 13.5. The zero-order chi connectivity index (χ0) is 22.4. The van der Waals surface area contributed by atoms with Crippen molar-refractivity contribution in [3.05, 3.63) is 91.0 Å². The van der Waals surface area contributed by atoms with Crippen LogP contribution in [-0.2, 0) is 2.52 Å². The van der Waals surface area contributed by atoms with Crippen molar-refractivity contribution in [1.82, 2.24) is 0 Å². The minimum absolute atomic E-state index is 0.955. The van der Waals surface area contributed by atoms with E-state index in [1.807, 2.05) is 91.0 Å². The average molecular weight is 580 g/mol. The van der Waals surface area contributed by atoms with E-state index in [2.05, 4.69) is 20.8 Å². The number of nitrogens with one attached hydrogen (secondary N) is 1. The van der Waals surface area contributed by atoms with E-state index >= 15 is 0 Å². The Hall–Kier alpha value is -0.611. The molecule has 3 rings (SSSR count). The second-order valence-corrected chi connectivity index (χ2v) is 25.5. The van der Waals surface area contributed by atoms with Crippen LogP contribution in [-0.4, -0.2) is 36.1 Å². The van der Waals surface area contributed by atoms with Crippen molar-refractivity contribution in [3.63, 3.8) is 0 Å². The number of hydrogen-bond acceptors (Lipinski definition) is 5. The van der Waals surface area contributed by atoms with Gasteiger partial charge >= 0.3 is 158 Å². The van der Waals surface area contributed by atoms with Gasteiger partial charge in [0.1, 0.15) is 0 Å². The summed E-state index contributed by atoms with van der Waals surface area (Å²) < 4.78 is 19.4. The first-order valence-corrected chi connectivity index (χ1v) is 22.2. The van der Waals surface area contributed by atoms with E-state index < -0.39 is 16.4 Å². The van der Waals surface area contributed by atoms with E-state index in [0.29, 0.717) is 0 Å². The molecule has 7 heteroatoms. The number of benzene rings is 3. The van der Waals surface area contributed by atoms with E-state index in [4.69, 9.17) is 2.52 Å². The molecule has 0 fully saturated rings. The van der Waals surface area contributed by atoms with Crippen LogP contribution in [0.2, 0.25) is 0 Å². The van der Waals surface area contributed by atoms with Crippen LogP contribution in [0.4, 0.5) is 0 Å². The molecule has 0 unspecified atom stereocenters. The summed E-state index contributed by atoms with van der Waals surface area (Å²) in [4.78, 5) is 4.58. The van der Waals surface area contributed by atoms with E-state index in [9.17, 15) is 3.44 Å². The van der Waals surface area contributed by atoms with E-state index in [1.165, 1.54) is 49.6 Å². The molecule has 0 atom stereocenters. The van der Waals surface area contributed by atoms with Gasteiger partial charge < -0.3 is 4.90 Å². The number of quaternary nitrogens is 1. The second kappa shape index (κ2) is 15.3. The van der Waals surface area contributed by atoms with Crippen LogP contribution in [0.1, 0.15) is 20.8 Å². The molecule has 0 radical (unpaired) electrons. The fourth-order valence-corrected chi connectivity index (χ4v) is 21.7. The van der Waals surface area contributed by atoms with Gasteiger partial charge in [-0.05, 0) is 20.8 Å². The van der Waals surface area contributed by atoms with Crippen LogP contribution in [0.15, 0.2) is 106 Å². The molecule has 166 valence electrons. The molecular weight excluding hydrogens is 549 g/mol. The number of hydrogen-bond donors (Lipinski definition) is 1. The van der Waals surface area contributed by atoms with E-state index in [-0.39, 0.29) is 0 Å². The van der Waals surface area contributed by atoms with Crippen molar-refractivity contribution in [2.24, 2.45) is 0 Å². The summed E-state index contributed by atoms with van der Waals surface area (Å²) in [6, 6.07) is 29.3. The van der Waals surface area contributed by atoms with Crippen LogP contribution in [0.25, 0.3) is 0 Å². The molecule has 0 spiro atoms. The first-order chi connectivity index (χ1) is 15.1. The summed E-state index contributed by atoms with van der Waals surface area (Å²) in [6.45, 7) is 10.5. The van der Waals surface area contributed by atoms with Gasteiger partial charge in [-0.3, -0.25) is 0 Å². The Labute approximate surface area is 202 Å². The van der Waals surface area contributed by atoms with Gasteiger partial charge in [0.2, 0.25) is 0 Å². The van der Waals surface area contributed by atoms with Crippen LogP contribution in [0.3, 0.4) is 0 Å². The van der Waals surface area contributed by atoms with Crippen LogP contribution >= 0.6 is 29.9 Å². The van der Waals surface area contributed by atoms with Gasteiger partial charge in [0.15, 0.2) is 0 Å². The monoisotopic (exact) mass is 581 g/mol. The van der Waals surface area contributed by atoms with Gasteiger partial charge in [0, 0.05) is 0 Å². The maximum absolute atomic E-state index is 13.5. The predicted molar refractivity (Wildman–Crippen MR) is 136 cm³/mol. The molecule has 3 aromatic carbocycles. The molecular formula is C24H31NO2S3Sn. The number of rotatable bonds is 10. The summed E-state index contributed by atoms with van der Waals surface area (Å²) in [5.74, 6) is 0. The molecule has 0 saturated heterocycles. The molecule has 0 aliphatic rings. The van der Waals surface area contributed by atoms with Crippen molar-refractivity contribution < 1.29 is 10.9 Å². The molecule has 0 amide bonds. The fraction of sp³-hybridized carbons (Fsp3) is 0.250. The summed E-state index contributed by atoms with van der Waals surface area (Å²) in [5.41, 5.74) is 0. The minimum atomic E-state index is -4.23. The van der Waals surface area contributed by atoms with Crippen LogP contribution < -0.4 is 8.34 Å². The van der Waals surface area contributed by atoms with Crippen molar-refractivity contribution in [2.75, 3.05) is 19.6 Å². The Morgan fingerprint density at radius 2 is 1.00 bits per heavy atom. The van der Waals surface area contributed by atoms with Gasteiger partial charge in [0.05, 0.1) is 19.6 Å². The van der Waals surface area contributed by atoms with Gasteiger partial charge in [-0.25, -0.2) is 0 Å².